The molecule has 0 bridgehead atoms. The van der Waals surface area contributed by atoms with Gasteiger partial charge in [0.1, 0.15) is 10.6 Å². The van der Waals surface area contributed by atoms with Gasteiger partial charge in [-0.1, -0.05) is 22.3 Å². The first-order valence-corrected chi connectivity index (χ1v) is 9.95. The molecule has 2 aromatic rings. The van der Waals surface area contributed by atoms with Gasteiger partial charge in [0.2, 0.25) is 10.0 Å². The van der Waals surface area contributed by atoms with E-state index in [1.807, 2.05) is 32.0 Å². The third kappa shape index (κ3) is 3.39. The van der Waals surface area contributed by atoms with Gasteiger partial charge < -0.3 is 9.42 Å². The molecule has 0 saturated carbocycles. The summed E-state index contributed by atoms with van der Waals surface area (Å²) in [5.41, 5.74) is 3.07. The lowest BCUT2D eigenvalue weighted by atomic mass is 10.1. The lowest BCUT2D eigenvalue weighted by Gasteiger charge is -2.34. The van der Waals surface area contributed by atoms with Crippen LogP contribution in [0.2, 0.25) is 0 Å². The topological polar surface area (TPSA) is 83.7 Å². The Labute approximate surface area is 153 Å². The zero-order valence-corrected chi connectivity index (χ0v) is 16.3. The summed E-state index contributed by atoms with van der Waals surface area (Å²) in [4.78, 5) is 14.6. The number of sulfonamides is 1. The molecule has 7 nitrogen and oxygen atoms in total. The van der Waals surface area contributed by atoms with E-state index < -0.39 is 10.0 Å². The smallest absolute Gasteiger partial charge is 0.253 e. The van der Waals surface area contributed by atoms with Gasteiger partial charge in [0.25, 0.3) is 5.91 Å². The number of amides is 1. The van der Waals surface area contributed by atoms with Crippen molar-refractivity contribution in [3.8, 4) is 0 Å². The predicted octanol–water partition coefficient (Wildman–Crippen LogP) is 2.05. The molecule has 0 N–H and O–H groups in total. The lowest BCUT2D eigenvalue weighted by molar-refractivity contribution is 0.0697. The molecule has 140 valence electrons. The summed E-state index contributed by atoms with van der Waals surface area (Å²) >= 11 is 0. The molecular formula is C18H23N3O4S. The molecule has 1 saturated heterocycles. The Morgan fingerprint density at radius 3 is 2.08 bits per heavy atom. The van der Waals surface area contributed by atoms with E-state index in [0.717, 1.165) is 11.1 Å². The number of hydrogen-bond acceptors (Lipinski definition) is 5. The van der Waals surface area contributed by atoms with Crippen LogP contribution in [0.5, 0.6) is 0 Å². The van der Waals surface area contributed by atoms with Crippen LogP contribution in [0.1, 0.15) is 32.9 Å². The number of nitrogens with zero attached hydrogens (tertiary/aromatic N) is 3. The number of hydrogen-bond donors (Lipinski definition) is 0. The summed E-state index contributed by atoms with van der Waals surface area (Å²) in [6, 6.07) is 5.75. The maximum atomic E-state index is 12.8. The Kier molecular flexibility index (Phi) is 4.90. The quantitative estimate of drug-likeness (QED) is 0.817. The summed E-state index contributed by atoms with van der Waals surface area (Å²) in [7, 11) is -3.67. The molecule has 3 rings (SSSR count). The van der Waals surface area contributed by atoms with Crippen molar-refractivity contribution in [3.63, 3.8) is 0 Å². The minimum absolute atomic E-state index is 0.0637. The van der Waals surface area contributed by atoms with Gasteiger partial charge in [-0.15, -0.1) is 0 Å². The molecule has 1 aliphatic heterocycles. The van der Waals surface area contributed by atoms with E-state index in [0.29, 0.717) is 24.3 Å². The third-order valence-corrected chi connectivity index (χ3v) is 6.70. The molecule has 8 heteroatoms. The fourth-order valence-electron chi connectivity index (χ4n) is 3.38. The Morgan fingerprint density at radius 2 is 1.58 bits per heavy atom. The van der Waals surface area contributed by atoms with Crippen molar-refractivity contribution in [2.45, 2.75) is 32.6 Å². The van der Waals surface area contributed by atoms with Gasteiger partial charge in [-0.2, -0.15) is 4.31 Å². The van der Waals surface area contributed by atoms with Crippen LogP contribution < -0.4 is 0 Å². The zero-order valence-electron chi connectivity index (χ0n) is 15.4. The van der Waals surface area contributed by atoms with Gasteiger partial charge >= 0.3 is 0 Å². The van der Waals surface area contributed by atoms with Gasteiger partial charge in [-0.3, -0.25) is 4.79 Å². The van der Waals surface area contributed by atoms with Crippen molar-refractivity contribution in [2.75, 3.05) is 26.2 Å². The molecule has 0 unspecified atom stereocenters. The van der Waals surface area contributed by atoms with Crippen molar-refractivity contribution in [2.24, 2.45) is 0 Å². The largest absolute Gasteiger partial charge is 0.360 e. The van der Waals surface area contributed by atoms with E-state index in [4.69, 9.17) is 4.52 Å². The number of carbonyl (C=O) groups is 1. The number of piperazine rings is 1. The molecule has 2 heterocycles. The Bertz CT molecular complexity index is 902. The standard InChI is InChI=1S/C18H23N3O4S/c1-12-9-13(2)11-16(10-12)18(22)20-5-7-21(8-6-20)26(23,24)17-14(3)19-25-15(17)4/h9-11H,5-8H2,1-4H3. The Balaban J connectivity index is 1.74. The number of rotatable bonds is 3. The van der Waals surface area contributed by atoms with E-state index in [1.165, 1.54) is 4.31 Å². The van der Waals surface area contributed by atoms with Crippen molar-refractivity contribution in [3.05, 3.63) is 46.3 Å². The summed E-state index contributed by atoms with van der Waals surface area (Å²) in [5, 5.41) is 3.73. The number of aryl methyl sites for hydroxylation is 4. The molecule has 1 aliphatic rings. The highest BCUT2D eigenvalue weighted by Crippen LogP contribution is 2.24. The van der Waals surface area contributed by atoms with Gasteiger partial charge in [-0.05, 0) is 39.8 Å². The van der Waals surface area contributed by atoms with Crippen LogP contribution in [-0.4, -0.2) is 54.9 Å². The summed E-state index contributed by atoms with van der Waals surface area (Å²) in [6.45, 7) is 8.33. The van der Waals surface area contributed by atoms with E-state index in [-0.39, 0.29) is 29.7 Å². The number of benzene rings is 1. The summed E-state index contributed by atoms with van der Waals surface area (Å²) < 4.78 is 32.1. The SMILES string of the molecule is Cc1cc(C)cc(C(=O)N2CCN(S(=O)(=O)c3c(C)noc3C)CC2)c1. The van der Waals surface area contributed by atoms with Crippen LogP contribution in [0.15, 0.2) is 27.6 Å². The molecule has 1 fully saturated rings. The van der Waals surface area contributed by atoms with Crippen LogP contribution in [0.25, 0.3) is 0 Å². The summed E-state index contributed by atoms with van der Waals surface area (Å²) in [6.07, 6.45) is 0. The van der Waals surface area contributed by atoms with Crippen LogP contribution in [-0.2, 0) is 10.0 Å². The van der Waals surface area contributed by atoms with E-state index in [9.17, 15) is 13.2 Å². The first-order valence-electron chi connectivity index (χ1n) is 8.51. The minimum Gasteiger partial charge on any atom is -0.360 e. The van der Waals surface area contributed by atoms with Crippen molar-refractivity contribution in [1.29, 1.82) is 0 Å². The first kappa shape index (κ1) is 18.6. The third-order valence-electron chi connectivity index (χ3n) is 4.56. The lowest BCUT2D eigenvalue weighted by Crippen LogP contribution is -2.50. The van der Waals surface area contributed by atoms with Gasteiger partial charge in [-0.25, -0.2) is 8.42 Å². The normalized spacial score (nSPS) is 16.1. The fourth-order valence-corrected chi connectivity index (χ4v) is 5.10. The first-order chi connectivity index (χ1) is 12.2. The van der Waals surface area contributed by atoms with Gasteiger partial charge in [0, 0.05) is 31.7 Å². The Morgan fingerprint density at radius 1 is 1.00 bits per heavy atom. The van der Waals surface area contributed by atoms with E-state index >= 15 is 0 Å². The zero-order chi connectivity index (χ0) is 19.1. The average Bonchev–Trinajstić information content (AvgIpc) is 2.92. The highest BCUT2D eigenvalue weighted by Gasteiger charge is 2.34. The van der Waals surface area contributed by atoms with Crippen LogP contribution in [0.3, 0.4) is 0 Å². The molecule has 0 spiro atoms. The predicted molar refractivity (Wildman–Crippen MR) is 96.6 cm³/mol. The van der Waals surface area contributed by atoms with Crippen LogP contribution >= 0.6 is 0 Å². The molecule has 0 atom stereocenters. The highest BCUT2D eigenvalue weighted by molar-refractivity contribution is 7.89. The molecule has 26 heavy (non-hydrogen) atoms. The number of carbonyl (C=O) groups excluding carboxylic acids is 1. The molecule has 1 aromatic carbocycles. The minimum atomic E-state index is -3.67. The maximum absolute atomic E-state index is 12.8. The van der Waals surface area contributed by atoms with Crippen molar-refractivity contribution < 1.29 is 17.7 Å². The van der Waals surface area contributed by atoms with E-state index in [2.05, 4.69) is 5.16 Å². The van der Waals surface area contributed by atoms with Crippen LogP contribution in [0, 0.1) is 27.7 Å². The van der Waals surface area contributed by atoms with E-state index in [1.54, 1.807) is 18.7 Å². The van der Waals surface area contributed by atoms with Gasteiger partial charge in [0.05, 0.1) is 0 Å². The number of aromatic nitrogens is 1. The Hall–Kier alpha value is -2.19. The second-order valence-corrected chi connectivity index (χ2v) is 8.60. The molecular weight excluding hydrogens is 354 g/mol. The average molecular weight is 377 g/mol. The van der Waals surface area contributed by atoms with Gasteiger partial charge in [0.15, 0.2) is 5.76 Å². The van der Waals surface area contributed by atoms with Crippen molar-refractivity contribution in [1.82, 2.24) is 14.4 Å². The molecule has 0 radical (unpaired) electrons. The molecule has 1 aromatic heterocycles. The highest BCUT2D eigenvalue weighted by atomic mass is 32.2. The molecule has 0 aliphatic carbocycles. The fraction of sp³-hybridized carbons (Fsp3) is 0.444. The molecule has 1 amide bonds. The monoisotopic (exact) mass is 377 g/mol. The van der Waals surface area contributed by atoms with Crippen LogP contribution in [0.4, 0.5) is 0 Å². The second-order valence-electron chi connectivity index (χ2n) is 6.73. The second kappa shape index (κ2) is 6.85. The maximum Gasteiger partial charge on any atom is 0.253 e. The van der Waals surface area contributed by atoms with Crippen molar-refractivity contribution >= 4 is 15.9 Å². The summed E-state index contributed by atoms with van der Waals surface area (Å²) in [5.74, 6) is 0.224.